The zero-order valence-electron chi connectivity index (χ0n) is 18.7. The van der Waals surface area contributed by atoms with Crippen LogP contribution in [0.4, 0.5) is 28.8 Å². The number of fused-ring (bicyclic) bond motifs is 1. The molecule has 0 spiro atoms. The van der Waals surface area contributed by atoms with Gasteiger partial charge in [-0.05, 0) is 61.0 Å². The Bertz CT molecular complexity index is 1330. The third-order valence-electron chi connectivity index (χ3n) is 5.02. The average molecular weight is 440 g/mol. The van der Waals surface area contributed by atoms with Gasteiger partial charge in [0.1, 0.15) is 11.6 Å². The zero-order valence-corrected chi connectivity index (χ0v) is 18.7. The maximum Gasteiger partial charge on any atom is 0.248 e. The molecule has 4 rings (SSSR count). The van der Waals surface area contributed by atoms with Crippen LogP contribution in [0.15, 0.2) is 79.0 Å². The van der Waals surface area contributed by atoms with Gasteiger partial charge >= 0.3 is 0 Å². The van der Waals surface area contributed by atoms with Crippen molar-refractivity contribution < 1.29 is 9.53 Å². The molecule has 3 N–H and O–H groups in total. The number of carbonyl (C=O) groups excluding carboxylic acids is 1. The van der Waals surface area contributed by atoms with Gasteiger partial charge in [-0.25, -0.2) is 4.98 Å². The van der Waals surface area contributed by atoms with Gasteiger partial charge in [0, 0.05) is 23.1 Å². The molecule has 0 aliphatic carbocycles. The molecule has 0 aliphatic rings. The first kappa shape index (κ1) is 21.8. The van der Waals surface area contributed by atoms with Gasteiger partial charge in [-0.3, -0.25) is 4.79 Å². The third-order valence-corrected chi connectivity index (χ3v) is 5.02. The van der Waals surface area contributed by atoms with Crippen LogP contribution in [0.5, 0.6) is 5.75 Å². The lowest BCUT2D eigenvalue weighted by atomic mass is 10.1. The van der Waals surface area contributed by atoms with Crippen molar-refractivity contribution >= 4 is 45.5 Å². The fraction of sp³-hybridized carbons (Fsp3) is 0.115. The first-order valence-corrected chi connectivity index (χ1v) is 10.5. The van der Waals surface area contributed by atoms with E-state index < -0.39 is 0 Å². The summed E-state index contributed by atoms with van der Waals surface area (Å²) in [4.78, 5) is 20.9. The van der Waals surface area contributed by atoms with Crippen molar-refractivity contribution in [2.24, 2.45) is 0 Å². The van der Waals surface area contributed by atoms with E-state index in [1.807, 2.05) is 25.1 Å². The van der Waals surface area contributed by atoms with E-state index in [9.17, 15) is 4.79 Å². The van der Waals surface area contributed by atoms with Gasteiger partial charge < -0.3 is 20.7 Å². The molecule has 0 radical (unpaired) electrons. The number of hydrogen-bond acceptors (Lipinski definition) is 6. The number of aromatic nitrogens is 2. The molecule has 7 heteroatoms. The number of aryl methyl sites for hydroxylation is 1. The second kappa shape index (κ2) is 9.82. The van der Waals surface area contributed by atoms with Crippen molar-refractivity contribution in [2.45, 2.75) is 13.8 Å². The van der Waals surface area contributed by atoms with Gasteiger partial charge in [0.2, 0.25) is 11.9 Å². The maximum absolute atomic E-state index is 11.9. The standard InChI is InChI=1S/C26H25N5O2/c1-4-7-24(32)28-21-12-13-23(33-3)22(15-21)30-26-27-16-17(2)25(31-26)29-20-11-10-18-8-5-6-9-19(18)14-20/h4-16H,1-3H3,(H,28,32)(H2,27,29,30,31)/b7-4+. The largest absolute Gasteiger partial charge is 0.495 e. The highest BCUT2D eigenvalue weighted by atomic mass is 16.5. The SMILES string of the molecule is C/C=C/C(=O)Nc1ccc(OC)c(Nc2ncc(C)c(Nc3ccc4ccccc4c3)n2)c1. The van der Waals surface area contributed by atoms with Gasteiger partial charge in [0.05, 0.1) is 12.8 Å². The number of benzene rings is 3. The van der Waals surface area contributed by atoms with E-state index in [0.29, 0.717) is 28.9 Å². The van der Waals surface area contributed by atoms with Crippen LogP contribution in [0, 0.1) is 6.92 Å². The Labute approximate surface area is 192 Å². The van der Waals surface area contributed by atoms with E-state index in [1.165, 1.54) is 11.5 Å². The molecule has 0 unspecified atom stereocenters. The summed E-state index contributed by atoms with van der Waals surface area (Å²) in [6, 6.07) is 19.7. The van der Waals surface area contributed by atoms with Gasteiger partial charge in [-0.15, -0.1) is 0 Å². The van der Waals surface area contributed by atoms with E-state index in [0.717, 1.165) is 16.6 Å². The molecule has 0 aliphatic heterocycles. The topological polar surface area (TPSA) is 88.2 Å². The van der Waals surface area contributed by atoms with E-state index in [4.69, 9.17) is 4.74 Å². The van der Waals surface area contributed by atoms with Crippen LogP contribution in [0.3, 0.4) is 0 Å². The summed E-state index contributed by atoms with van der Waals surface area (Å²) in [5.41, 5.74) is 3.11. The summed E-state index contributed by atoms with van der Waals surface area (Å²) in [6.07, 6.45) is 4.90. The Hall–Kier alpha value is -4.39. The molecular formula is C26H25N5O2. The van der Waals surface area contributed by atoms with Crippen LogP contribution >= 0.6 is 0 Å². The monoisotopic (exact) mass is 439 g/mol. The minimum absolute atomic E-state index is 0.206. The minimum atomic E-state index is -0.206. The predicted octanol–water partition coefficient (Wildman–Crippen LogP) is 5.95. The smallest absolute Gasteiger partial charge is 0.248 e. The van der Waals surface area contributed by atoms with Crippen molar-refractivity contribution in [3.8, 4) is 5.75 Å². The first-order valence-electron chi connectivity index (χ1n) is 10.5. The van der Waals surface area contributed by atoms with Gasteiger partial charge in [-0.1, -0.05) is 36.4 Å². The molecule has 166 valence electrons. The lowest BCUT2D eigenvalue weighted by molar-refractivity contribution is -0.111. The summed E-state index contributed by atoms with van der Waals surface area (Å²) < 4.78 is 5.46. The molecule has 33 heavy (non-hydrogen) atoms. The molecule has 1 aromatic heterocycles. The van der Waals surface area contributed by atoms with Crippen molar-refractivity contribution in [1.82, 2.24) is 9.97 Å². The van der Waals surface area contributed by atoms with Gasteiger partial charge in [0.25, 0.3) is 0 Å². The number of nitrogens with zero attached hydrogens (tertiary/aromatic N) is 2. The van der Waals surface area contributed by atoms with Crippen molar-refractivity contribution in [2.75, 3.05) is 23.1 Å². The van der Waals surface area contributed by atoms with Crippen molar-refractivity contribution in [3.63, 3.8) is 0 Å². The Morgan fingerprint density at radius 2 is 1.76 bits per heavy atom. The maximum atomic E-state index is 11.9. The van der Waals surface area contributed by atoms with E-state index in [-0.39, 0.29) is 5.91 Å². The van der Waals surface area contributed by atoms with Crippen molar-refractivity contribution in [1.29, 1.82) is 0 Å². The number of ether oxygens (including phenoxy) is 1. The highest BCUT2D eigenvalue weighted by Gasteiger charge is 2.10. The number of hydrogen-bond donors (Lipinski definition) is 3. The van der Waals surface area contributed by atoms with E-state index in [2.05, 4.69) is 50.2 Å². The second-order valence-corrected chi connectivity index (χ2v) is 7.44. The number of allylic oxidation sites excluding steroid dienone is 1. The second-order valence-electron chi connectivity index (χ2n) is 7.44. The molecule has 0 atom stereocenters. The van der Waals surface area contributed by atoms with Crippen LogP contribution in [-0.2, 0) is 4.79 Å². The highest BCUT2D eigenvalue weighted by Crippen LogP contribution is 2.31. The number of anilines is 5. The minimum Gasteiger partial charge on any atom is -0.495 e. The molecule has 0 saturated carbocycles. The molecule has 0 bridgehead atoms. The molecule has 0 fully saturated rings. The molecule has 1 amide bonds. The number of carbonyl (C=O) groups is 1. The van der Waals surface area contributed by atoms with Crippen LogP contribution in [0.1, 0.15) is 12.5 Å². The summed E-state index contributed by atoms with van der Waals surface area (Å²) in [6.45, 7) is 3.74. The third kappa shape index (κ3) is 5.27. The Balaban J connectivity index is 1.58. The fourth-order valence-corrected chi connectivity index (χ4v) is 3.37. The lowest BCUT2D eigenvalue weighted by Crippen LogP contribution is -2.08. The summed E-state index contributed by atoms with van der Waals surface area (Å²) in [5.74, 6) is 1.49. The number of amides is 1. The molecular weight excluding hydrogens is 414 g/mol. The van der Waals surface area contributed by atoms with Crippen molar-refractivity contribution in [3.05, 3.63) is 84.6 Å². The quantitative estimate of drug-likeness (QED) is 0.309. The van der Waals surface area contributed by atoms with Crippen LogP contribution in [-0.4, -0.2) is 23.0 Å². The fourth-order valence-electron chi connectivity index (χ4n) is 3.37. The predicted molar refractivity (Wildman–Crippen MR) is 134 cm³/mol. The highest BCUT2D eigenvalue weighted by molar-refractivity contribution is 5.99. The number of rotatable bonds is 7. The van der Waals surface area contributed by atoms with Crippen LogP contribution < -0.4 is 20.7 Å². The van der Waals surface area contributed by atoms with E-state index in [1.54, 1.807) is 44.5 Å². The van der Waals surface area contributed by atoms with Crippen LogP contribution in [0.25, 0.3) is 10.8 Å². The Morgan fingerprint density at radius 3 is 2.55 bits per heavy atom. The average Bonchev–Trinajstić information content (AvgIpc) is 2.81. The number of methoxy groups -OCH3 is 1. The molecule has 7 nitrogen and oxygen atoms in total. The summed E-state index contributed by atoms with van der Waals surface area (Å²) >= 11 is 0. The molecule has 0 saturated heterocycles. The Kier molecular flexibility index (Phi) is 6.50. The normalized spacial score (nSPS) is 10.9. The molecule has 1 heterocycles. The zero-order chi connectivity index (χ0) is 23.2. The molecule has 4 aromatic rings. The first-order chi connectivity index (χ1) is 16.1. The van der Waals surface area contributed by atoms with Gasteiger partial charge in [0.15, 0.2) is 0 Å². The summed E-state index contributed by atoms with van der Waals surface area (Å²) in [5, 5.41) is 11.7. The Morgan fingerprint density at radius 1 is 0.970 bits per heavy atom. The number of nitrogens with one attached hydrogen (secondary N) is 3. The van der Waals surface area contributed by atoms with E-state index >= 15 is 0 Å². The molecule has 3 aromatic carbocycles. The summed E-state index contributed by atoms with van der Waals surface area (Å²) in [7, 11) is 1.58. The lowest BCUT2D eigenvalue weighted by Gasteiger charge is -2.14. The van der Waals surface area contributed by atoms with Gasteiger partial charge in [-0.2, -0.15) is 4.98 Å². The van der Waals surface area contributed by atoms with Crippen LogP contribution in [0.2, 0.25) is 0 Å².